The zero-order valence-corrected chi connectivity index (χ0v) is 9.81. The molecule has 0 saturated carbocycles. The molecule has 3 N–H and O–H groups in total. The Balaban J connectivity index is 2.81. The average Bonchev–Trinajstić information content (AvgIpc) is 2.20. The van der Waals surface area contributed by atoms with Crippen LogP contribution in [0, 0.1) is 5.92 Å². The molecule has 3 heteroatoms. The van der Waals surface area contributed by atoms with Crippen molar-refractivity contribution >= 4 is 5.97 Å². The van der Waals surface area contributed by atoms with Gasteiger partial charge in [0.05, 0.1) is 5.92 Å². The number of aliphatic carboxylic acids is 1. The molecule has 1 unspecified atom stereocenters. The van der Waals surface area contributed by atoms with Gasteiger partial charge >= 0.3 is 5.97 Å². The first-order valence-corrected chi connectivity index (χ1v) is 5.56. The molecule has 0 heterocycles. The molecule has 1 aromatic rings. The van der Waals surface area contributed by atoms with E-state index in [0.29, 0.717) is 5.92 Å². The van der Waals surface area contributed by atoms with Gasteiger partial charge in [0.15, 0.2) is 0 Å². The van der Waals surface area contributed by atoms with E-state index in [1.54, 1.807) is 0 Å². The predicted molar refractivity (Wildman–Crippen MR) is 64.4 cm³/mol. The van der Waals surface area contributed by atoms with E-state index in [-0.39, 0.29) is 6.54 Å². The first-order chi connectivity index (χ1) is 7.54. The fraction of sp³-hybridized carbons (Fsp3) is 0.462. The van der Waals surface area contributed by atoms with E-state index in [2.05, 4.69) is 13.8 Å². The molecule has 0 aliphatic rings. The summed E-state index contributed by atoms with van der Waals surface area (Å²) in [6.07, 6.45) is 1.01. The number of nitrogens with two attached hydrogens (primary N) is 1. The van der Waals surface area contributed by atoms with E-state index in [1.807, 2.05) is 24.3 Å². The Kier molecular flexibility index (Phi) is 4.50. The number of carbonyl (C=O) groups is 1. The van der Waals surface area contributed by atoms with Crippen molar-refractivity contribution in [1.82, 2.24) is 0 Å². The lowest BCUT2D eigenvalue weighted by atomic mass is 9.96. The summed E-state index contributed by atoms with van der Waals surface area (Å²) in [6.45, 7) is 4.46. The molecule has 0 radical (unpaired) electrons. The Hall–Kier alpha value is -1.35. The SMILES string of the molecule is CC(C)Cc1ccc(C(CN)C(=O)O)cc1. The van der Waals surface area contributed by atoms with Gasteiger partial charge in [0, 0.05) is 6.54 Å². The maximum absolute atomic E-state index is 10.9. The van der Waals surface area contributed by atoms with Crippen molar-refractivity contribution in [3.63, 3.8) is 0 Å². The predicted octanol–water partition coefficient (Wildman–Crippen LogP) is 2.01. The highest BCUT2D eigenvalue weighted by atomic mass is 16.4. The molecule has 0 fully saturated rings. The first-order valence-electron chi connectivity index (χ1n) is 5.56. The lowest BCUT2D eigenvalue weighted by Crippen LogP contribution is -2.21. The number of rotatable bonds is 5. The van der Waals surface area contributed by atoms with Crippen LogP contribution in [0.5, 0.6) is 0 Å². The summed E-state index contributed by atoms with van der Waals surface area (Å²) in [6, 6.07) is 7.70. The lowest BCUT2D eigenvalue weighted by Gasteiger charge is -2.11. The molecule has 0 spiro atoms. The van der Waals surface area contributed by atoms with Crippen molar-refractivity contribution < 1.29 is 9.90 Å². The van der Waals surface area contributed by atoms with Gasteiger partial charge in [0.1, 0.15) is 0 Å². The van der Waals surface area contributed by atoms with Crippen LogP contribution in [0.4, 0.5) is 0 Å². The van der Waals surface area contributed by atoms with E-state index in [0.717, 1.165) is 12.0 Å². The molecule has 1 rings (SSSR count). The summed E-state index contributed by atoms with van der Waals surface area (Å²) >= 11 is 0. The molecular weight excluding hydrogens is 202 g/mol. The molecule has 0 aliphatic carbocycles. The fourth-order valence-corrected chi connectivity index (χ4v) is 1.74. The van der Waals surface area contributed by atoms with Gasteiger partial charge in [-0.05, 0) is 23.5 Å². The summed E-state index contributed by atoms with van der Waals surface area (Å²) in [7, 11) is 0. The van der Waals surface area contributed by atoms with Crippen molar-refractivity contribution in [3.05, 3.63) is 35.4 Å². The number of benzene rings is 1. The van der Waals surface area contributed by atoms with Gasteiger partial charge in [0.25, 0.3) is 0 Å². The van der Waals surface area contributed by atoms with Gasteiger partial charge in [0.2, 0.25) is 0 Å². The third-order valence-corrected chi connectivity index (χ3v) is 2.56. The second-order valence-corrected chi connectivity index (χ2v) is 4.47. The number of hydrogen-bond donors (Lipinski definition) is 2. The highest BCUT2D eigenvalue weighted by Crippen LogP contribution is 2.17. The molecule has 16 heavy (non-hydrogen) atoms. The largest absolute Gasteiger partial charge is 0.481 e. The monoisotopic (exact) mass is 221 g/mol. The summed E-state index contributed by atoms with van der Waals surface area (Å²) < 4.78 is 0. The Morgan fingerprint density at radius 1 is 1.31 bits per heavy atom. The third-order valence-electron chi connectivity index (χ3n) is 2.56. The van der Waals surface area contributed by atoms with Crippen LogP contribution in [0.2, 0.25) is 0 Å². The van der Waals surface area contributed by atoms with Crippen LogP contribution >= 0.6 is 0 Å². The Bertz CT molecular complexity index is 343. The minimum Gasteiger partial charge on any atom is -0.481 e. The highest BCUT2D eigenvalue weighted by molar-refractivity contribution is 5.76. The van der Waals surface area contributed by atoms with Gasteiger partial charge < -0.3 is 10.8 Å². The minimum absolute atomic E-state index is 0.138. The quantitative estimate of drug-likeness (QED) is 0.799. The van der Waals surface area contributed by atoms with Gasteiger partial charge in [-0.15, -0.1) is 0 Å². The van der Waals surface area contributed by atoms with Crippen molar-refractivity contribution in [2.45, 2.75) is 26.2 Å². The average molecular weight is 221 g/mol. The van der Waals surface area contributed by atoms with E-state index < -0.39 is 11.9 Å². The molecule has 3 nitrogen and oxygen atoms in total. The molecule has 1 atom stereocenters. The minimum atomic E-state index is -0.862. The maximum Gasteiger partial charge on any atom is 0.312 e. The third kappa shape index (κ3) is 3.35. The van der Waals surface area contributed by atoms with Crippen LogP contribution in [-0.4, -0.2) is 17.6 Å². The second kappa shape index (κ2) is 5.66. The van der Waals surface area contributed by atoms with Crippen LogP contribution < -0.4 is 5.73 Å². The Morgan fingerprint density at radius 2 is 1.88 bits per heavy atom. The summed E-state index contributed by atoms with van der Waals surface area (Å²) in [4.78, 5) is 10.9. The molecule has 0 aromatic heterocycles. The standard InChI is InChI=1S/C13H19NO2/c1-9(2)7-10-3-5-11(6-4-10)12(8-14)13(15)16/h3-6,9,12H,7-8,14H2,1-2H3,(H,15,16). The number of carboxylic acid groups (broad SMARTS) is 1. The lowest BCUT2D eigenvalue weighted by molar-refractivity contribution is -0.138. The zero-order valence-electron chi connectivity index (χ0n) is 9.81. The van der Waals surface area contributed by atoms with Crippen LogP contribution in [0.1, 0.15) is 30.9 Å². The van der Waals surface area contributed by atoms with Crippen molar-refractivity contribution in [2.24, 2.45) is 11.7 Å². The van der Waals surface area contributed by atoms with Gasteiger partial charge in [-0.3, -0.25) is 4.79 Å². The molecule has 0 aliphatic heterocycles. The zero-order chi connectivity index (χ0) is 12.1. The van der Waals surface area contributed by atoms with E-state index >= 15 is 0 Å². The van der Waals surface area contributed by atoms with Crippen LogP contribution in [0.3, 0.4) is 0 Å². The summed E-state index contributed by atoms with van der Waals surface area (Å²) in [5, 5.41) is 8.96. The van der Waals surface area contributed by atoms with Crippen molar-refractivity contribution in [2.75, 3.05) is 6.54 Å². The first kappa shape index (κ1) is 12.7. The maximum atomic E-state index is 10.9. The smallest absolute Gasteiger partial charge is 0.312 e. The molecule has 0 bridgehead atoms. The van der Waals surface area contributed by atoms with E-state index in [1.165, 1.54) is 5.56 Å². The van der Waals surface area contributed by atoms with E-state index in [9.17, 15) is 4.79 Å². The van der Waals surface area contributed by atoms with Crippen molar-refractivity contribution in [1.29, 1.82) is 0 Å². The van der Waals surface area contributed by atoms with Gasteiger partial charge in [-0.2, -0.15) is 0 Å². The molecule has 88 valence electrons. The fourth-order valence-electron chi connectivity index (χ4n) is 1.74. The number of carboxylic acids is 1. The van der Waals surface area contributed by atoms with E-state index in [4.69, 9.17) is 10.8 Å². The van der Waals surface area contributed by atoms with Crippen LogP contribution in [0.15, 0.2) is 24.3 Å². The number of hydrogen-bond acceptors (Lipinski definition) is 2. The normalized spacial score (nSPS) is 12.8. The molecular formula is C13H19NO2. The summed E-state index contributed by atoms with van der Waals surface area (Å²) in [5.74, 6) is -0.845. The highest BCUT2D eigenvalue weighted by Gasteiger charge is 2.17. The Morgan fingerprint density at radius 3 is 2.25 bits per heavy atom. The topological polar surface area (TPSA) is 63.3 Å². The van der Waals surface area contributed by atoms with Crippen LogP contribution in [0.25, 0.3) is 0 Å². The molecule has 0 amide bonds. The summed E-state index contributed by atoms with van der Waals surface area (Å²) in [5.41, 5.74) is 7.46. The van der Waals surface area contributed by atoms with Crippen LogP contribution in [-0.2, 0) is 11.2 Å². The second-order valence-electron chi connectivity index (χ2n) is 4.47. The van der Waals surface area contributed by atoms with Crippen molar-refractivity contribution in [3.8, 4) is 0 Å². The Labute approximate surface area is 96.3 Å². The van der Waals surface area contributed by atoms with Gasteiger partial charge in [-0.1, -0.05) is 38.1 Å². The van der Waals surface area contributed by atoms with Gasteiger partial charge in [-0.25, -0.2) is 0 Å². The molecule has 0 saturated heterocycles. The molecule has 1 aromatic carbocycles.